The molecular formula is C96H63N5OS3. The summed E-state index contributed by atoms with van der Waals surface area (Å²) in [5.41, 5.74) is 14.4. The predicted molar refractivity (Wildman–Crippen MR) is 452 cm³/mol. The molecule has 0 atom stereocenters. The minimum Gasteiger partial charge on any atom is -0.456 e. The van der Waals surface area contributed by atoms with E-state index < -0.39 is 60.4 Å². The van der Waals surface area contributed by atoms with Crippen LogP contribution in [0.1, 0.15) is 13.7 Å². The first kappa shape index (κ1) is 52.0. The molecule has 0 bridgehead atoms. The Hall–Kier alpha value is -13.0. The largest absolute Gasteiger partial charge is 0.456 e. The number of aromatic nitrogens is 1. The number of anilines is 12. The lowest BCUT2D eigenvalue weighted by molar-refractivity contribution is 0.669. The minimum absolute atomic E-state index is 0.262. The maximum absolute atomic E-state index is 8.87. The van der Waals surface area contributed by atoms with E-state index in [-0.39, 0.29) is 17.1 Å². The Labute approximate surface area is 632 Å². The summed E-state index contributed by atoms with van der Waals surface area (Å²) in [4.78, 5) is 8.22. The van der Waals surface area contributed by atoms with Crippen LogP contribution < -0.4 is 19.6 Å². The highest BCUT2D eigenvalue weighted by Gasteiger charge is 2.26. The van der Waals surface area contributed by atoms with Crippen LogP contribution in [0.25, 0.3) is 110 Å². The second-order valence-corrected chi connectivity index (χ2v) is 28.8. The van der Waals surface area contributed by atoms with Crippen molar-refractivity contribution in [3.05, 3.63) is 382 Å². The Morgan fingerprint density at radius 3 is 1.30 bits per heavy atom. The van der Waals surface area contributed by atoms with Gasteiger partial charge in [-0.25, -0.2) is 0 Å². The molecule has 0 spiro atoms. The van der Waals surface area contributed by atoms with Crippen LogP contribution in [0.3, 0.4) is 0 Å². The van der Waals surface area contributed by atoms with Gasteiger partial charge in [-0.3, -0.25) is 0 Å². The number of benzene rings is 16. The monoisotopic (exact) mass is 1410 g/mol. The fourth-order valence-corrected chi connectivity index (χ4v) is 18.6. The zero-order chi connectivity index (χ0) is 78.0. The highest BCUT2D eigenvalue weighted by Crippen LogP contribution is 2.52. The molecule has 0 amide bonds. The molecule has 21 aromatic rings. The predicted octanol–water partition coefficient (Wildman–Crippen LogP) is 29.4. The van der Waals surface area contributed by atoms with Crippen LogP contribution in [0, 0.1) is 0 Å². The quantitative estimate of drug-likeness (QED) is 0.115. The number of fused-ring (bicyclic) bond motifs is 15. The average molecular weight is 1410 g/mol. The van der Waals surface area contributed by atoms with Crippen molar-refractivity contribution >= 4 is 207 Å². The Morgan fingerprint density at radius 1 is 0.248 bits per heavy atom. The van der Waals surface area contributed by atoms with Crippen LogP contribution in [0.15, 0.2) is 386 Å². The number of hydrogen-bond acceptors (Lipinski definition) is 8. The van der Waals surface area contributed by atoms with E-state index in [9.17, 15) is 0 Å². The van der Waals surface area contributed by atoms with E-state index in [1.54, 1.807) is 23.5 Å². The summed E-state index contributed by atoms with van der Waals surface area (Å²) >= 11 is 5.09. The molecule has 0 N–H and O–H groups in total. The molecule has 105 heavy (non-hydrogen) atoms. The van der Waals surface area contributed by atoms with Crippen molar-refractivity contribution in [3.63, 3.8) is 0 Å². The highest BCUT2D eigenvalue weighted by atomic mass is 32.1. The Balaban J connectivity index is 0.000000149. The molecule has 0 saturated heterocycles. The Kier molecular flexibility index (Phi) is 12.9. The summed E-state index contributed by atoms with van der Waals surface area (Å²) in [5, 5.41) is 11.4. The van der Waals surface area contributed by atoms with Gasteiger partial charge in [0.05, 0.1) is 46.5 Å². The van der Waals surface area contributed by atoms with Gasteiger partial charge in [-0.15, -0.1) is 34.0 Å². The van der Waals surface area contributed by atoms with Crippen LogP contribution in [-0.4, -0.2) is 4.57 Å². The van der Waals surface area contributed by atoms with E-state index in [0.717, 1.165) is 109 Å². The normalized spacial score (nSPS) is 13.0. The third-order valence-corrected chi connectivity index (χ3v) is 23.0. The van der Waals surface area contributed by atoms with Gasteiger partial charge in [0.1, 0.15) is 11.2 Å². The SMILES string of the molecule is [2H]c1c([2H])c([2H])c(N(c2ccc3c(c2)sc2cccc(N(c4ccccc4)c4cccc5c4sc4ccccc45)c23)c2c([2H])c([2H])c([2H])c([2H])c2[2H])c([2H])c1[2H].c1ccc(N(c2ccc3c(c2)oc2ccccc23)c2ccc3c(c2)sc2cccc(N(c4ccccc4)c4ccc5c6ccccc6n(-c6ccccc6)c5c4)c23)cc1. The maximum atomic E-state index is 8.87. The lowest BCUT2D eigenvalue weighted by atomic mass is 10.1. The minimum atomic E-state index is -0.611. The molecule has 0 saturated carbocycles. The smallest absolute Gasteiger partial charge is 0.137 e. The molecule has 21 rings (SSSR count). The van der Waals surface area contributed by atoms with Crippen molar-refractivity contribution in [2.75, 3.05) is 19.6 Å². The molecule has 9 heteroatoms. The van der Waals surface area contributed by atoms with E-state index >= 15 is 0 Å². The summed E-state index contributed by atoms with van der Waals surface area (Å²) < 4.78 is 101. The van der Waals surface area contributed by atoms with Gasteiger partial charge in [-0.05, 0) is 170 Å². The van der Waals surface area contributed by atoms with Crippen LogP contribution in [0.2, 0.25) is 0 Å². The molecule has 0 unspecified atom stereocenters. The first-order chi connectivity index (χ1) is 56.2. The van der Waals surface area contributed by atoms with E-state index in [1.165, 1.54) is 68.3 Å². The van der Waals surface area contributed by atoms with Gasteiger partial charge >= 0.3 is 0 Å². The second-order valence-electron chi connectivity index (χ2n) is 25.6. The molecule has 5 heterocycles. The number of hydrogen-bond donors (Lipinski definition) is 0. The van der Waals surface area contributed by atoms with Crippen molar-refractivity contribution in [2.45, 2.75) is 0 Å². The zero-order valence-corrected chi connectivity index (χ0v) is 58.4. The molecule has 0 fully saturated rings. The number of nitrogens with zero attached hydrogens (tertiary/aromatic N) is 5. The van der Waals surface area contributed by atoms with Crippen molar-refractivity contribution < 1.29 is 18.1 Å². The summed E-state index contributed by atoms with van der Waals surface area (Å²) in [6.07, 6.45) is 0. The first-order valence-electron chi connectivity index (χ1n) is 39.5. The molecule has 5 aromatic heterocycles. The fourth-order valence-electron chi connectivity index (χ4n) is 15.1. The van der Waals surface area contributed by atoms with Crippen molar-refractivity contribution in [1.29, 1.82) is 0 Å². The maximum Gasteiger partial charge on any atom is 0.137 e. The van der Waals surface area contributed by atoms with Crippen LogP contribution in [0.5, 0.6) is 0 Å². The Bertz CT molecular complexity index is 7350. The molecule has 0 aliphatic carbocycles. The summed E-state index contributed by atoms with van der Waals surface area (Å²) in [6.45, 7) is 0. The third kappa shape index (κ3) is 10.8. The molecular weight excluding hydrogens is 1340 g/mol. The summed E-state index contributed by atoms with van der Waals surface area (Å²) in [7, 11) is 0. The summed E-state index contributed by atoms with van der Waals surface area (Å²) in [6, 6.07) is 107. The molecule has 0 aliphatic rings. The molecule has 6 nitrogen and oxygen atoms in total. The third-order valence-electron chi connectivity index (χ3n) is 19.6. The number of furan rings is 1. The van der Waals surface area contributed by atoms with Crippen molar-refractivity contribution in [1.82, 2.24) is 4.57 Å². The second kappa shape index (κ2) is 26.1. The average Bonchev–Trinajstić information content (AvgIpc) is 1.70. The number of rotatable bonds is 13. The molecule has 0 radical (unpaired) electrons. The van der Waals surface area contributed by atoms with Gasteiger partial charge < -0.3 is 28.6 Å². The first-order valence-corrected chi connectivity index (χ1v) is 37.0. The van der Waals surface area contributed by atoms with E-state index in [4.69, 9.17) is 18.1 Å². The molecule has 0 aliphatic heterocycles. The molecule has 16 aromatic carbocycles. The topological polar surface area (TPSA) is 31.0 Å². The van der Waals surface area contributed by atoms with Crippen molar-refractivity contribution in [2.24, 2.45) is 0 Å². The lowest BCUT2D eigenvalue weighted by Crippen LogP contribution is -2.10. The van der Waals surface area contributed by atoms with E-state index in [1.807, 2.05) is 59.9 Å². The van der Waals surface area contributed by atoms with Crippen LogP contribution in [-0.2, 0) is 0 Å². The number of thiophene rings is 3. The highest BCUT2D eigenvalue weighted by molar-refractivity contribution is 7.27. The Morgan fingerprint density at radius 2 is 0.676 bits per heavy atom. The van der Waals surface area contributed by atoms with Gasteiger partial charge in [-0.2, -0.15) is 0 Å². The van der Waals surface area contributed by atoms with Gasteiger partial charge in [0.15, 0.2) is 0 Å². The van der Waals surface area contributed by atoms with E-state index in [2.05, 4.69) is 280 Å². The van der Waals surface area contributed by atoms with Crippen molar-refractivity contribution in [3.8, 4) is 5.69 Å². The van der Waals surface area contributed by atoms with Crippen LogP contribution >= 0.6 is 34.0 Å². The van der Waals surface area contributed by atoms with Gasteiger partial charge in [0.2, 0.25) is 0 Å². The van der Waals surface area contributed by atoms with E-state index in [0.29, 0.717) is 0 Å². The van der Waals surface area contributed by atoms with Crippen LogP contribution in [0.4, 0.5) is 68.2 Å². The molecule has 496 valence electrons. The van der Waals surface area contributed by atoms with Gasteiger partial charge in [-0.1, -0.05) is 206 Å². The van der Waals surface area contributed by atoms with Gasteiger partial charge in [0, 0.05) is 140 Å². The lowest BCUT2D eigenvalue weighted by Gasteiger charge is -2.27. The standard InChI is InChI=1S/C54H35N3OS.C42H28N2S2/c1-4-15-36(16-5-1)55(40-28-31-45-44-22-11-13-25-50(44)58-51(45)34-40)41-29-32-46-53(35-41)59-52-26-14-24-48(54(46)52)56(37-17-6-2-7-18-37)39-27-30-43-42-21-10-12-23-47(42)57(49(43)33-39)38-19-8-3-9-20-38;1-4-14-29(15-5-1)43(30-16-6-2-7-17-30)32-26-27-35-40(28-32)45-39-25-13-22-36(41(35)39)44(31-18-8-3-9-19-31)37-23-12-21-34-33-20-10-11-24-38(33)46-42(34)37/h1-35H;1-28H/i;1D,2D,4D,5D,6D,7D,14D,15D,16D,17D. The summed E-state index contributed by atoms with van der Waals surface area (Å²) in [5.74, 6) is 0. The fraction of sp³-hybridized carbons (Fsp3) is 0. The zero-order valence-electron chi connectivity index (χ0n) is 66.0. The number of para-hydroxylation sites is 8. The van der Waals surface area contributed by atoms with Gasteiger partial charge in [0.25, 0.3) is 0 Å².